The summed E-state index contributed by atoms with van der Waals surface area (Å²) in [5.41, 5.74) is 1.82. The second kappa shape index (κ2) is 4.76. The van der Waals surface area contributed by atoms with Crippen LogP contribution in [0.15, 0.2) is 42.5 Å². The lowest BCUT2D eigenvalue weighted by Gasteiger charge is -2.01. The zero-order chi connectivity index (χ0) is 12.5. The van der Waals surface area contributed by atoms with Crippen LogP contribution < -0.4 is 5.32 Å². The van der Waals surface area contributed by atoms with Crippen LogP contribution in [0.25, 0.3) is 10.2 Å². The van der Waals surface area contributed by atoms with Crippen LogP contribution in [0.1, 0.15) is 0 Å². The van der Waals surface area contributed by atoms with Gasteiger partial charge in [-0.15, -0.1) is 0 Å². The van der Waals surface area contributed by atoms with Crippen LogP contribution in [0.3, 0.4) is 0 Å². The smallest absolute Gasteiger partial charge is 0.188 e. The molecule has 0 saturated carbocycles. The van der Waals surface area contributed by atoms with Crippen molar-refractivity contribution in [2.75, 3.05) is 5.32 Å². The number of halogens is 2. The van der Waals surface area contributed by atoms with E-state index in [1.54, 1.807) is 11.3 Å². The number of fused-ring (bicyclic) bond motifs is 1. The summed E-state index contributed by atoms with van der Waals surface area (Å²) >= 11 is 13.5. The number of benzene rings is 2. The van der Waals surface area contributed by atoms with E-state index in [0.717, 1.165) is 21.0 Å². The molecule has 2 nitrogen and oxygen atoms in total. The van der Waals surface area contributed by atoms with Crippen molar-refractivity contribution in [3.05, 3.63) is 52.5 Å². The summed E-state index contributed by atoms with van der Waals surface area (Å²) in [5.74, 6) is 0. The Morgan fingerprint density at radius 1 is 1.00 bits per heavy atom. The quantitative estimate of drug-likeness (QED) is 0.689. The summed E-state index contributed by atoms with van der Waals surface area (Å²) in [6.45, 7) is 0. The largest absolute Gasteiger partial charge is 0.331 e. The summed E-state index contributed by atoms with van der Waals surface area (Å²) in [7, 11) is 0. The molecule has 1 aromatic heterocycles. The number of hydrogen-bond acceptors (Lipinski definition) is 3. The first-order chi connectivity index (χ1) is 8.70. The van der Waals surface area contributed by atoms with Crippen molar-refractivity contribution in [2.24, 2.45) is 0 Å². The third kappa shape index (κ3) is 2.43. The van der Waals surface area contributed by atoms with Gasteiger partial charge in [0.2, 0.25) is 0 Å². The number of nitrogens with zero attached hydrogens (tertiary/aromatic N) is 1. The second-order valence-corrected chi connectivity index (χ2v) is 5.67. The Balaban J connectivity index is 1.95. The third-order valence-electron chi connectivity index (χ3n) is 2.43. The molecule has 0 amide bonds. The predicted octanol–water partition coefficient (Wildman–Crippen LogP) is 5.35. The summed E-state index contributed by atoms with van der Waals surface area (Å²) in [6.07, 6.45) is 0. The van der Waals surface area contributed by atoms with Crippen molar-refractivity contribution in [3.63, 3.8) is 0 Å². The minimum absolute atomic E-state index is 0.696. The lowest BCUT2D eigenvalue weighted by atomic mass is 10.3. The average Bonchev–Trinajstić information content (AvgIpc) is 2.70. The molecule has 0 aliphatic rings. The molecule has 1 N–H and O–H groups in total. The fourth-order valence-corrected chi connectivity index (χ4v) is 2.87. The highest BCUT2D eigenvalue weighted by Crippen LogP contribution is 2.30. The zero-order valence-corrected chi connectivity index (χ0v) is 11.5. The topological polar surface area (TPSA) is 24.9 Å². The van der Waals surface area contributed by atoms with Crippen molar-refractivity contribution in [1.82, 2.24) is 4.98 Å². The van der Waals surface area contributed by atoms with Crippen molar-refractivity contribution in [1.29, 1.82) is 0 Å². The number of aromatic nitrogens is 1. The molecule has 0 unspecified atom stereocenters. The SMILES string of the molecule is Clc1cccc(Nc2nc3cc(Cl)ccc3s2)c1. The molecule has 2 aromatic carbocycles. The molecule has 0 spiro atoms. The van der Waals surface area contributed by atoms with Crippen LogP contribution in [0.4, 0.5) is 10.8 Å². The van der Waals surface area contributed by atoms with Crippen LogP contribution in [0, 0.1) is 0 Å². The Morgan fingerprint density at radius 3 is 2.67 bits per heavy atom. The minimum Gasteiger partial charge on any atom is -0.331 e. The van der Waals surface area contributed by atoms with E-state index in [4.69, 9.17) is 23.2 Å². The normalized spacial score (nSPS) is 10.8. The van der Waals surface area contributed by atoms with Gasteiger partial charge in [0.25, 0.3) is 0 Å². The van der Waals surface area contributed by atoms with E-state index in [2.05, 4.69) is 10.3 Å². The number of rotatable bonds is 2. The molecule has 1 heterocycles. The Hall–Kier alpha value is -1.29. The van der Waals surface area contributed by atoms with E-state index in [9.17, 15) is 0 Å². The van der Waals surface area contributed by atoms with Crippen molar-refractivity contribution >= 4 is 55.6 Å². The van der Waals surface area contributed by atoms with Crippen LogP contribution in [0.2, 0.25) is 10.0 Å². The van der Waals surface area contributed by atoms with Gasteiger partial charge in [-0.1, -0.05) is 40.6 Å². The van der Waals surface area contributed by atoms with Gasteiger partial charge in [0.1, 0.15) is 0 Å². The summed E-state index contributed by atoms with van der Waals surface area (Å²) in [5, 5.41) is 5.46. The Morgan fingerprint density at radius 2 is 1.83 bits per heavy atom. The van der Waals surface area contributed by atoms with Gasteiger partial charge in [0, 0.05) is 15.7 Å². The predicted molar refractivity (Wildman–Crippen MR) is 79.4 cm³/mol. The van der Waals surface area contributed by atoms with E-state index in [-0.39, 0.29) is 0 Å². The third-order valence-corrected chi connectivity index (χ3v) is 3.85. The van der Waals surface area contributed by atoms with E-state index < -0.39 is 0 Å². The molecular weight excluding hydrogens is 287 g/mol. The van der Waals surface area contributed by atoms with Crippen molar-refractivity contribution in [3.8, 4) is 0 Å². The van der Waals surface area contributed by atoms with E-state index in [0.29, 0.717) is 10.0 Å². The van der Waals surface area contributed by atoms with Crippen LogP contribution >= 0.6 is 34.5 Å². The maximum absolute atomic E-state index is 5.94. The highest BCUT2D eigenvalue weighted by molar-refractivity contribution is 7.22. The minimum atomic E-state index is 0.696. The number of nitrogens with one attached hydrogen (secondary N) is 1. The number of thiazole rings is 1. The number of anilines is 2. The van der Waals surface area contributed by atoms with Gasteiger partial charge in [0.15, 0.2) is 5.13 Å². The highest BCUT2D eigenvalue weighted by Gasteiger charge is 2.04. The fourth-order valence-electron chi connectivity index (χ4n) is 1.64. The maximum atomic E-state index is 5.94. The molecule has 0 bridgehead atoms. The van der Waals surface area contributed by atoms with Gasteiger partial charge in [0.05, 0.1) is 10.2 Å². The van der Waals surface area contributed by atoms with Gasteiger partial charge >= 0.3 is 0 Å². The van der Waals surface area contributed by atoms with Crippen LogP contribution in [-0.2, 0) is 0 Å². The Bertz CT molecular complexity index is 709. The standard InChI is InChI=1S/C13H8Cl2N2S/c14-8-2-1-3-10(6-8)16-13-17-11-7-9(15)4-5-12(11)18-13/h1-7H,(H,16,17). The van der Waals surface area contributed by atoms with E-state index >= 15 is 0 Å². The van der Waals surface area contributed by atoms with Crippen molar-refractivity contribution in [2.45, 2.75) is 0 Å². The van der Waals surface area contributed by atoms with E-state index in [1.807, 2.05) is 42.5 Å². The zero-order valence-electron chi connectivity index (χ0n) is 9.15. The van der Waals surface area contributed by atoms with Gasteiger partial charge in [-0.25, -0.2) is 4.98 Å². The molecular formula is C13H8Cl2N2S. The highest BCUT2D eigenvalue weighted by atomic mass is 35.5. The van der Waals surface area contributed by atoms with Crippen LogP contribution in [-0.4, -0.2) is 4.98 Å². The molecule has 0 aliphatic carbocycles. The molecule has 3 aromatic rings. The maximum Gasteiger partial charge on any atom is 0.188 e. The van der Waals surface area contributed by atoms with Gasteiger partial charge < -0.3 is 5.32 Å². The molecule has 90 valence electrons. The first-order valence-electron chi connectivity index (χ1n) is 5.29. The summed E-state index contributed by atoms with van der Waals surface area (Å²) in [6, 6.07) is 13.2. The molecule has 18 heavy (non-hydrogen) atoms. The molecule has 0 aliphatic heterocycles. The molecule has 0 radical (unpaired) electrons. The number of hydrogen-bond donors (Lipinski definition) is 1. The Kier molecular flexibility index (Phi) is 3.12. The average molecular weight is 295 g/mol. The fraction of sp³-hybridized carbons (Fsp3) is 0. The van der Waals surface area contributed by atoms with Crippen molar-refractivity contribution < 1.29 is 0 Å². The lowest BCUT2D eigenvalue weighted by Crippen LogP contribution is -1.88. The molecule has 0 saturated heterocycles. The summed E-state index contributed by atoms with van der Waals surface area (Å²) < 4.78 is 1.10. The first-order valence-corrected chi connectivity index (χ1v) is 6.87. The van der Waals surface area contributed by atoms with Gasteiger partial charge in [-0.05, 0) is 36.4 Å². The van der Waals surface area contributed by atoms with Gasteiger partial charge in [-0.3, -0.25) is 0 Å². The summed E-state index contributed by atoms with van der Waals surface area (Å²) in [4.78, 5) is 4.48. The molecule has 5 heteroatoms. The van der Waals surface area contributed by atoms with Crippen LogP contribution in [0.5, 0.6) is 0 Å². The molecule has 3 rings (SSSR count). The molecule has 0 atom stereocenters. The lowest BCUT2D eigenvalue weighted by molar-refractivity contribution is 1.44. The second-order valence-electron chi connectivity index (χ2n) is 3.77. The van der Waals surface area contributed by atoms with Gasteiger partial charge in [-0.2, -0.15) is 0 Å². The monoisotopic (exact) mass is 294 g/mol. The molecule has 0 fully saturated rings. The first kappa shape index (κ1) is 11.8. The van der Waals surface area contributed by atoms with E-state index in [1.165, 1.54) is 0 Å². The Labute approximate surface area is 118 Å².